The molecule has 104 valence electrons. The second kappa shape index (κ2) is 6.14. The van der Waals surface area contributed by atoms with Crippen molar-refractivity contribution in [1.29, 1.82) is 0 Å². The van der Waals surface area contributed by atoms with Gasteiger partial charge in [-0.15, -0.1) is 0 Å². The molecule has 2 aliphatic rings. The molecule has 3 nitrogen and oxygen atoms in total. The van der Waals surface area contributed by atoms with Crippen LogP contribution in [-0.4, -0.2) is 24.8 Å². The van der Waals surface area contributed by atoms with E-state index in [1.165, 1.54) is 50.8 Å². The Morgan fingerprint density at radius 3 is 2.32 bits per heavy atom. The van der Waals surface area contributed by atoms with Crippen LogP contribution in [0.25, 0.3) is 0 Å². The van der Waals surface area contributed by atoms with Crippen molar-refractivity contribution in [2.24, 2.45) is 0 Å². The lowest BCUT2D eigenvalue weighted by Crippen LogP contribution is -2.27. The van der Waals surface area contributed by atoms with Crippen LogP contribution in [0.1, 0.15) is 37.7 Å². The quantitative estimate of drug-likeness (QED) is 0.822. The maximum Gasteiger partial charge on any atom is 0.231 e. The summed E-state index contributed by atoms with van der Waals surface area (Å²) in [5.41, 5.74) is 1.30. The number of fused-ring (bicyclic) bond motifs is 1. The summed E-state index contributed by atoms with van der Waals surface area (Å²) in [6.07, 6.45) is 6.80. The fraction of sp³-hybridized carbons (Fsp3) is 0.600. The molecule has 0 radical (unpaired) electrons. The van der Waals surface area contributed by atoms with Crippen molar-refractivity contribution in [2.45, 2.75) is 38.6 Å². The van der Waals surface area contributed by atoms with Crippen LogP contribution in [0, 0.1) is 0 Å². The number of rotatable bonds is 2. The van der Waals surface area contributed by atoms with E-state index in [0.29, 0.717) is 6.79 Å². The molecule has 0 aliphatic carbocycles. The zero-order valence-corrected chi connectivity index (χ0v) is 12.7. The van der Waals surface area contributed by atoms with Crippen LogP contribution in [0.5, 0.6) is 11.5 Å². The van der Waals surface area contributed by atoms with Crippen LogP contribution in [0.15, 0.2) is 16.6 Å². The van der Waals surface area contributed by atoms with Gasteiger partial charge in [-0.3, -0.25) is 4.90 Å². The first-order valence-electron chi connectivity index (χ1n) is 7.13. The molecule has 2 heterocycles. The maximum atomic E-state index is 5.47. The molecule has 0 unspecified atom stereocenters. The molecular weight excluding hydrogens is 306 g/mol. The number of ether oxygens (including phenoxy) is 2. The summed E-state index contributed by atoms with van der Waals surface area (Å²) in [7, 11) is 0. The molecule has 4 heteroatoms. The van der Waals surface area contributed by atoms with Crippen molar-refractivity contribution in [1.82, 2.24) is 4.90 Å². The van der Waals surface area contributed by atoms with Crippen LogP contribution >= 0.6 is 15.9 Å². The second-order valence-corrected chi connectivity index (χ2v) is 6.20. The lowest BCUT2D eigenvalue weighted by Gasteiger charge is -2.25. The number of likely N-dealkylation sites (tertiary alicyclic amines) is 1. The fourth-order valence-electron chi connectivity index (χ4n) is 2.79. The largest absolute Gasteiger partial charge is 0.454 e. The van der Waals surface area contributed by atoms with E-state index >= 15 is 0 Å². The van der Waals surface area contributed by atoms with Gasteiger partial charge in [-0.05, 0) is 43.6 Å². The minimum Gasteiger partial charge on any atom is -0.454 e. The summed E-state index contributed by atoms with van der Waals surface area (Å²) < 4.78 is 12.0. The summed E-state index contributed by atoms with van der Waals surface area (Å²) >= 11 is 3.65. The van der Waals surface area contributed by atoms with E-state index < -0.39 is 0 Å². The Labute approximate surface area is 123 Å². The highest BCUT2D eigenvalue weighted by Crippen LogP contribution is 2.37. The average molecular weight is 326 g/mol. The van der Waals surface area contributed by atoms with Gasteiger partial charge in [-0.1, -0.05) is 35.2 Å². The van der Waals surface area contributed by atoms with Crippen molar-refractivity contribution in [2.75, 3.05) is 19.9 Å². The molecule has 0 atom stereocenters. The van der Waals surface area contributed by atoms with E-state index in [4.69, 9.17) is 9.47 Å². The van der Waals surface area contributed by atoms with Gasteiger partial charge in [0.05, 0.1) is 0 Å². The van der Waals surface area contributed by atoms with Gasteiger partial charge in [0, 0.05) is 11.0 Å². The van der Waals surface area contributed by atoms with Gasteiger partial charge < -0.3 is 9.47 Å². The van der Waals surface area contributed by atoms with Crippen molar-refractivity contribution in [3.8, 4) is 11.5 Å². The predicted octanol–water partition coefficient (Wildman–Crippen LogP) is 3.94. The molecule has 0 saturated carbocycles. The van der Waals surface area contributed by atoms with Gasteiger partial charge in [0.25, 0.3) is 0 Å². The SMILES string of the molecule is Brc1cc2c(cc1CN1CCCCCCC1)OCO2. The summed E-state index contributed by atoms with van der Waals surface area (Å²) in [5, 5.41) is 0. The highest BCUT2D eigenvalue weighted by Gasteiger charge is 2.18. The van der Waals surface area contributed by atoms with E-state index in [-0.39, 0.29) is 0 Å². The highest BCUT2D eigenvalue weighted by molar-refractivity contribution is 9.10. The van der Waals surface area contributed by atoms with Gasteiger partial charge in [0.15, 0.2) is 11.5 Å². The van der Waals surface area contributed by atoms with Gasteiger partial charge in [0.1, 0.15) is 0 Å². The normalized spacial score (nSPS) is 20.1. The smallest absolute Gasteiger partial charge is 0.231 e. The summed E-state index contributed by atoms with van der Waals surface area (Å²) in [5.74, 6) is 1.73. The summed E-state index contributed by atoms with van der Waals surface area (Å²) in [6, 6.07) is 4.15. The standard InChI is InChI=1S/C15H20BrNO2/c16-13-9-15-14(18-11-19-15)8-12(13)10-17-6-4-2-1-3-5-7-17/h8-9H,1-7,10-11H2. The zero-order chi connectivity index (χ0) is 13.1. The molecule has 1 fully saturated rings. The molecule has 1 saturated heterocycles. The average Bonchev–Trinajstić information content (AvgIpc) is 2.79. The first-order valence-corrected chi connectivity index (χ1v) is 7.92. The van der Waals surface area contributed by atoms with Gasteiger partial charge in [-0.25, -0.2) is 0 Å². The Hall–Kier alpha value is -0.740. The minimum absolute atomic E-state index is 0.342. The van der Waals surface area contributed by atoms with Gasteiger partial charge in [0.2, 0.25) is 6.79 Å². The molecule has 0 bridgehead atoms. The van der Waals surface area contributed by atoms with Crippen LogP contribution in [0.4, 0.5) is 0 Å². The molecular formula is C15H20BrNO2. The van der Waals surface area contributed by atoms with E-state index in [9.17, 15) is 0 Å². The van der Waals surface area contributed by atoms with Crippen LogP contribution in [0.2, 0.25) is 0 Å². The third-order valence-electron chi connectivity index (χ3n) is 3.88. The summed E-state index contributed by atoms with van der Waals surface area (Å²) in [4.78, 5) is 2.56. The van der Waals surface area contributed by atoms with Crippen LogP contribution < -0.4 is 9.47 Å². The second-order valence-electron chi connectivity index (χ2n) is 5.34. The number of hydrogen-bond donors (Lipinski definition) is 0. The molecule has 1 aromatic carbocycles. The molecule has 0 amide bonds. The van der Waals surface area contributed by atoms with Crippen molar-refractivity contribution < 1.29 is 9.47 Å². The Bertz CT molecular complexity index is 442. The molecule has 2 aliphatic heterocycles. The molecule has 0 aromatic heterocycles. The molecule has 1 aromatic rings. The molecule has 0 spiro atoms. The third kappa shape index (κ3) is 3.23. The minimum atomic E-state index is 0.342. The Kier molecular flexibility index (Phi) is 4.28. The lowest BCUT2D eigenvalue weighted by molar-refractivity contribution is 0.174. The number of halogens is 1. The number of nitrogens with zero attached hydrogens (tertiary/aromatic N) is 1. The van der Waals surface area contributed by atoms with Crippen LogP contribution in [0.3, 0.4) is 0 Å². The first-order chi connectivity index (χ1) is 9.33. The van der Waals surface area contributed by atoms with E-state index in [0.717, 1.165) is 22.5 Å². The molecule has 19 heavy (non-hydrogen) atoms. The first kappa shape index (κ1) is 13.3. The van der Waals surface area contributed by atoms with Crippen molar-refractivity contribution in [3.05, 3.63) is 22.2 Å². The Morgan fingerprint density at radius 2 is 1.58 bits per heavy atom. The van der Waals surface area contributed by atoms with E-state index in [1.807, 2.05) is 6.07 Å². The zero-order valence-electron chi connectivity index (χ0n) is 11.2. The summed E-state index contributed by atoms with van der Waals surface area (Å²) in [6.45, 7) is 3.76. The van der Waals surface area contributed by atoms with E-state index in [1.54, 1.807) is 0 Å². The van der Waals surface area contributed by atoms with Gasteiger partial charge >= 0.3 is 0 Å². The fourth-order valence-corrected chi connectivity index (χ4v) is 3.24. The van der Waals surface area contributed by atoms with Crippen molar-refractivity contribution >= 4 is 15.9 Å². The molecule has 3 rings (SSSR count). The highest BCUT2D eigenvalue weighted by atomic mass is 79.9. The van der Waals surface area contributed by atoms with Gasteiger partial charge in [-0.2, -0.15) is 0 Å². The number of hydrogen-bond acceptors (Lipinski definition) is 3. The van der Waals surface area contributed by atoms with E-state index in [2.05, 4.69) is 26.9 Å². The lowest BCUT2D eigenvalue weighted by atomic mass is 10.1. The maximum absolute atomic E-state index is 5.47. The van der Waals surface area contributed by atoms with Crippen molar-refractivity contribution in [3.63, 3.8) is 0 Å². The molecule has 0 N–H and O–H groups in total. The predicted molar refractivity (Wildman–Crippen MR) is 78.6 cm³/mol. The Morgan fingerprint density at radius 1 is 0.947 bits per heavy atom. The topological polar surface area (TPSA) is 21.7 Å². The van der Waals surface area contributed by atoms with Crippen LogP contribution in [-0.2, 0) is 6.54 Å². The monoisotopic (exact) mass is 325 g/mol. The Balaban J connectivity index is 1.71. The third-order valence-corrected chi connectivity index (χ3v) is 4.62. The number of benzene rings is 1.